The molecule has 5 rings (SSSR count). The Hall–Kier alpha value is -2.95. The number of benzene rings is 2. The number of amidine groups is 1. The molecule has 1 fully saturated rings. The number of nitrogens with one attached hydrogen (secondary N) is 2. The summed E-state index contributed by atoms with van der Waals surface area (Å²) in [5.74, 6) is 1.61. The fraction of sp³-hybridized carbons (Fsp3) is 0.348. The molecule has 28 heavy (non-hydrogen) atoms. The molecule has 2 heterocycles. The van der Waals surface area contributed by atoms with Crippen LogP contribution in [0, 0.1) is 5.92 Å². The van der Waals surface area contributed by atoms with E-state index in [4.69, 9.17) is 0 Å². The predicted molar refractivity (Wildman–Crippen MR) is 115 cm³/mol. The second kappa shape index (κ2) is 7.58. The van der Waals surface area contributed by atoms with Crippen molar-refractivity contribution in [1.29, 1.82) is 0 Å². The first-order chi connectivity index (χ1) is 13.9. The summed E-state index contributed by atoms with van der Waals surface area (Å²) >= 11 is 0. The van der Waals surface area contributed by atoms with Crippen molar-refractivity contribution in [2.45, 2.75) is 38.6 Å². The average molecular weight is 371 g/mol. The first-order valence-electron chi connectivity index (χ1n) is 10.3. The van der Waals surface area contributed by atoms with E-state index in [1.54, 1.807) is 12.4 Å². The Morgan fingerprint density at radius 2 is 1.86 bits per heavy atom. The minimum Gasteiger partial charge on any atom is -0.384 e. The van der Waals surface area contributed by atoms with Gasteiger partial charge in [-0.15, -0.1) is 0 Å². The molecular formula is C23H25N5. The number of hydrogen-bond acceptors (Lipinski definition) is 5. The third kappa shape index (κ3) is 3.44. The quantitative estimate of drug-likeness (QED) is 0.678. The van der Waals surface area contributed by atoms with Gasteiger partial charge >= 0.3 is 0 Å². The van der Waals surface area contributed by atoms with Crippen LogP contribution in [0.4, 0.5) is 11.4 Å². The zero-order valence-corrected chi connectivity index (χ0v) is 16.0. The molecule has 0 unspecified atom stereocenters. The van der Waals surface area contributed by atoms with Crippen LogP contribution in [0.3, 0.4) is 0 Å². The van der Waals surface area contributed by atoms with Gasteiger partial charge in [-0.2, -0.15) is 0 Å². The van der Waals surface area contributed by atoms with Crippen molar-refractivity contribution in [3.63, 3.8) is 0 Å². The largest absolute Gasteiger partial charge is 0.384 e. The highest BCUT2D eigenvalue weighted by atomic mass is 15.1. The van der Waals surface area contributed by atoms with E-state index in [1.165, 1.54) is 48.6 Å². The van der Waals surface area contributed by atoms with Gasteiger partial charge in [0.05, 0.1) is 12.2 Å². The molecule has 3 aromatic rings. The number of rotatable bonds is 4. The first kappa shape index (κ1) is 17.2. The van der Waals surface area contributed by atoms with Crippen LogP contribution in [0.5, 0.6) is 0 Å². The maximum atomic E-state index is 4.55. The molecule has 0 radical (unpaired) electrons. The molecular weight excluding hydrogens is 346 g/mol. The Balaban J connectivity index is 1.34. The van der Waals surface area contributed by atoms with Gasteiger partial charge in [-0.1, -0.05) is 37.5 Å². The Kier molecular flexibility index (Phi) is 4.65. The maximum Gasteiger partial charge on any atom is 0.154 e. The van der Waals surface area contributed by atoms with Gasteiger partial charge in [-0.05, 0) is 42.3 Å². The van der Waals surface area contributed by atoms with Gasteiger partial charge in [0.15, 0.2) is 5.84 Å². The van der Waals surface area contributed by atoms with E-state index in [0.717, 1.165) is 35.4 Å². The van der Waals surface area contributed by atoms with E-state index in [2.05, 4.69) is 62.0 Å². The second-order valence-corrected chi connectivity index (χ2v) is 7.77. The molecule has 1 aliphatic carbocycles. The first-order valence-corrected chi connectivity index (χ1v) is 10.3. The van der Waals surface area contributed by atoms with E-state index in [1.807, 2.05) is 0 Å². The van der Waals surface area contributed by atoms with Crippen LogP contribution < -0.4 is 10.6 Å². The summed E-state index contributed by atoms with van der Waals surface area (Å²) in [6.45, 7) is 1.67. The molecule has 2 N–H and O–H groups in total. The Morgan fingerprint density at radius 1 is 0.964 bits per heavy atom. The van der Waals surface area contributed by atoms with Gasteiger partial charge in [-0.25, -0.2) is 4.98 Å². The third-order valence-electron chi connectivity index (χ3n) is 5.83. The molecule has 5 nitrogen and oxygen atoms in total. The molecule has 1 saturated carbocycles. The number of hydrogen-bond donors (Lipinski definition) is 2. The molecule has 0 amide bonds. The normalized spacial score (nSPS) is 16.6. The average Bonchev–Trinajstić information content (AvgIpc) is 3.16. The molecule has 0 spiro atoms. The number of aromatic nitrogens is 2. The lowest BCUT2D eigenvalue weighted by Gasteiger charge is -2.22. The predicted octanol–water partition coefficient (Wildman–Crippen LogP) is 4.99. The standard InChI is InChI=1S/C23H25N5/c1-2-5-16(6-3-1)14-26-20-8-4-7-17-13-18(9-10-19(17)20)28-23-22-21(15-27-23)24-11-12-25-22/h4,7-13,16,26H,1-3,5-6,14-15H2,(H,27,28). The smallest absolute Gasteiger partial charge is 0.154 e. The van der Waals surface area contributed by atoms with E-state index in [9.17, 15) is 0 Å². The molecule has 142 valence electrons. The van der Waals surface area contributed by atoms with Crippen molar-refractivity contribution in [1.82, 2.24) is 9.97 Å². The van der Waals surface area contributed by atoms with Gasteiger partial charge < -0.3 is 10.6 Å². The van der Waals surface area contributed by atoms with E-state index in [0.29, 0.717) is 6.54 Å². The monoisotopic (exact) mass is 371 g/mol. The zero-order valence-electron chi connectivity index (χ0n) is 16.0. The van der Waals surface area contributed by atoms with Crippen LogP contribution in [0.1, 0.15) is 43.5 Å². The Morgan fingerprint density at radius 3 is 2.79 bits per heavy atom. The van der Waals surface area contributed by atoms with Gasteiger partial charge in [-0.3, -0.25) is 9.98 Å². The Labute approximate surface area is 165 Å². The minimum absolute atomic E-state index is 0.592. The molecule has 0 atom stereocenters. The van der Waals surface area contributed by atoms with Gasteiger partial charge in [0.2, 0.25) is 0 Å². The molecule has 2 aromatic carbocycles. The fourth-order valence-corrected chi connectivity index (χ4v) is 4.31. The van der Waals surface area contributed by atoms with Crippen molar-refractivity contribution >= 4 is 28.0 Å². The van der Waals surface area contributed by atoms with Crippen LogP contribution in [-0.4, -0.2) is 22.3 Å². The zero-order chi connectivity index (χ0) is 18.8. The topological polar surface area (TPSA) is 62.2 Å². The summed E-state index contributed by atoms with van der Waals surface area (Å²) in [5.41, 5.74) is 4.03. The van der Waals surface area contributed by atoms with Crippen molar-refractivity contribution in [3.05, 3.63) is 60.2 Å². The second-order valence-electron chi connectivity index (χ2n) is 7.77. The fourth-order valence-electron chi connectivity index (χ4n) is 4.31. The lowest BCUT2D eigenvalue weighted by Crippen LogP contribution is -2.17. The summed E-state index contributed by atoms with van der Waals surface area (Å²) < 4.78 is 0. The lowest BCUT2D eigenvalue weighted by molar-refractivity contribution is 0.373. The highest BCUT2D eigenvalue weighted by Crippen LogP contribution is 2.29. The third-order valence-corrected chi connectivity index (χ3v) is 5.83. The van der Waals surface area contributed by atoms with Crippen LogP contribution in [-0.2, 0) is 6.54 Å². The van der Waals surface area contributed by atoms with E-state index >= 15 is 0 Å². The van der Waals surface area contributed by atoms with Gasteiger partial charge in [0, 0.05) is 35.7 Å². The molecule has 2 aliphatic rings. The van der Waals surface area contributed by atoms with Crippen molar-refractivity contribution < 1.29 is 0 Å². The maximum absolute atomic E-state index is 4.55. The highest BCUT2D eigenvalue weighted by molar-refractivity contribution is 6.10. The van der Waals surface area contributed by atoms with Crippen molar-refractivity contribution in [2.24, 2.45) is 10.9 Å². The summed E-state index contributed by atoms with van der Waals surface area (Å²) in [6.07, 6.45) is 10.3. The lowest BCUT2D eigenvalue weighted by atomic mass is 9.89. The van der Waals surface area contributed by atoms with Gasteiger partial charge in [0.1, 0.15) is 5.69 Å². The molecule has 5 heteroatoms. The highest BCUT2D eigenvalue weighted by Gasteiger charge is 2.18. The summed E-state index contributed by atoms with van der Waals surface area (Å²) in [6, 6.07) is 13.0. The van der Waals surface area contributed by atoms with E-state index < -0.39 is 0 Å². The molecule has 1 aromatic heterocycles. The minimum atomic E-state index is 0.592. The van der Waals surface area contributed by atoms with Crippen LogP contribution in [0.25, 0.3) is 10.8 Å². The van der Waals surface area contributed by atoms with E-state index in [-0.39, 0.29) is 0 Å². The summed E-state index contributed by atoms with van der Waals surface area (Å²) in [7, 11) is 0. The summed E-state index contributed by atoms with van der Waals surface area (Å²) in [4.78, 5) is 13.3. The van der Waals surface area contributed by atoms with Crippen LogP contribution in [0.2, 0.25) is 0 Å². The number of anilines is 2. The SMILES string of the molecule is c1cc(NCC2CCCCC2)c2ccc(NC3=NCc4nccnc43)cc2c1. The van der Waals surface area contributed by atoms with Crippen LogP contribution in [0.15, 0.2) is 53.8 Å². The Bertz CT molecular complexity index is 1020. The molecule has 1 aliphatic heterocycles. The van der Waals surface area contributed by atoms with Crippen molar-refractivity contribution in [3.8, 4) is 0 Å². The number of aliphatic imine (C=N–C) groups is 1. The van der Waals surface area contributed by atoms with Crippen molar-refractivity contribution in [2.75, 3.05) is 17.2 Å². The van der Waals surface area contributed by atoms with Gasteiger partial charge in [0.25, 0.3) is 0 Å². The number of fused-ring (bicyclic) bond motifs is 2. The summed E-state index contributed by atoms with van der Waals surface area (Å²) in [5, 5.41) is 9.60. The molecule has 0 saturated heterocycles. The number of nitrogens with zero attached hydrogens (tertiary/aromatic N) is 3. The molecule has 0 bridgehead atoms. The van der Waals surface area contributed by atoms with Crippen LogP contribution >= 0.6 is 0 Å².